The summed E-state index contributed by atoms with van der Waals surface area (Å²) in [6.45, 7) is 6.47. The third-order valence-corrected chi connectivity index (χ3v) is 13.7. The summed E-state index contributed by atoms with van der Waals surface area (Å²) in [7, 11) is 0. The van der Waals surface area contributed by atoms with Crippen molar-refractivity contribution in [3.05, 3.63) is 122 Å². The minimum Gasteiger partial charge on any atom is -0.462 e. The van der Waals surface area contributed by atoms with Crippen molar-refractivity contribution < 1.29 is 28.6 Å². The van der Waals surface area contributed by atoms with Crippen LogP contribution in [0.25, 0.3) is 0 Å². The Balaban J connectivity index is 4.46. The van der Waals surface area contributed by atoms with Gasteiger partial charge in [-0.15, -0.1) is 0 Å². The Bertz CT molecular complexity index is 1620. The van der Waals surface area contributed by atoms with Crippen molar-refractivity contribution in [3.8, 4) is 0 Å². The molecule has 0 aliphatic carbocycles. The highest BCUT2D eigenvalue weighted by Gasteiger charge is 2.19. The van der Waals surface area contributed by atoms with Crippen molar-refractivity contribution in [2.24, 2.45) is 0 Å². The van der Waals surface area contributed by atoms with Gasteiger partial charge in [-0.2, -0.15) is 0 Å². The Kier molecular flexibility index (Phi) is 61.8. The molecule has 6 nitrogen and oxygen atoms in total. The number of hydrogen-bond acceptors (Lipinski definition) is 6. The molecule has 0 aromatic heterocycles. The molecular formula is C72H120O6. The predicted molar refractivity (Wildman–Crippen MR) is 339 cm³/mol. The fourth-order valence-corrected chi connectivity index (χ4v) is 8.81. The normalized spacial score (nSPS) is 12.9. The lowest BCUT2D eigenvalue weighted by atomic mass is 10.0. The molecule has 0 aliphatic heterocycles. The van der Waals surface area contributed by atoms with Gasteiger partial charge in [-0.3, -0.25) is 14.4 Å². The first-order valence-electron chi connectivity index (χ1n) is 32.5. The molecule has 0 saturated carbocycles. The van der Waals surface area contributed by atoms with Gasteiger partial charge in [-0.05, 0) is 128 Å². The molecule has 0 saturated heterocycles. The van der Waals surface area contributed by atoms with Gasteiger partial charge in [0.1, 0.15) is 13.2 Å². The molecule has 0 aromatic rings. The van der Waals surface area contributed by atoms with E-state index in [1.165, 1.54) is 141 Å². The zero-order valence-corrected chi connectivity index (χ0v) is 50.9. The van der Waals surface area contributed by atoms with Crippen molar-refractivity contribution in [1.82, 2.24) is 0 Å². The number of ether oxygens (including phenoxy) is 3. The monoisotopic (exact) mass is 1080 g/mol. The van der Waals surface area contributed by atoms with Crippen LogP contribution in [0.2, 0.25) is 0 Å². The van der Waals surface area contributed by atoms with Crippen molar-refractivity contribution in [3.63, 3.8) is 0 Å². The molecule has 0 spiro atoms. The van der Waals surface area contributed by atoms with E-state index in [-0.39, 0.29) is 37.5 Å². The molecule has 0 amide bonds. The molecule has 0 bridgehead atoms. The fraction of sp³-hybridized carbons (Fsp3) is 0.681. The summed E-state index contributed by atoms with van der Waals surface area (Å²) in [6.07, 6.45) is 90.6. The van der Waals surface area contributed by atoms with Gasteiger partial charge in [0.15, 0.2) is 6.10 Å². The van der Waals surface area contributed by atoms with Crippen molar-refractivity contribution in [1.29, 1.82) is 0 Å². The zero-order chi connectivity index (χ0) is 56.4. The van der Waals surface area contributed by atoms with Gasteiger partial charge in [0.25, 0.3) is 0 Å². The van der Waals surface area contributed by atoms with Gasteiger partial charge >= 0.3 is 17.9 Å². The van der Waals surface area contributed by atoms with E-state index >= 15 is 0 Å². The van der Waals surface area contributed by atoms with Crippen LogP contribution < -0.4 is 0 Å². The number of esters is 3. The Morgan fingerprint density at radius 1 is 0.269 bits per heavy atom. The van der Waals surface area contributed by atoms with Crippen LogP contribution in [-0.2, 0) is 28.6 Å². The second-order valence-electron chi connectivity index (χ2n) is 21.3. The molecule has 0 heterocycles. The highest BCUT2D eigenvalue weighted by atomic mass is 16.6. The molecular weight excluding hydrogens is 961 g/mol. The van der Waals surface area contributed by atoms with Crippen molar-refractivity contribution in [2.75, 3.05) is 13.2 Å². The summed E-state index contributed by atoms with van der Waals surface area (Å²) < 4.78 is 16.9. The number of hydrogen-bond donors (Lipinski definition) is 0. The van der Waals surface area contributed by atoms with Crippen molar-refractivity contribution in [2.45, 2.75) is 303 Å². The predicted octanol–water partition coefficient (Wildman–Crippen LogP) is 22.4. The number of carbonyl (C=O) groups is 3. The number of rotatable bonds is 58. The molecule has 0 radical (unpaired) electrons. The molecule has 1 unspecified atom stereocenters. The minimum absolute atomic E-state index is 0.103. The van der Waals surface area contributed by atoms with E-state index in [0.29, 0.717) is 19.3 Å². The van der Waals surface area contributed by atoms with Crippen LogP contribution in [0.3, 0.4) is 0 Å². The van der Waals surface area contributed by atoms with Crippen LogP contribution in [0.5, 0.6) is 0 Å². The second kappa shape index (κ2) is 65.3. The third kappa shape index (κ3) is 62.7. The number of unbranched alkanes of at least 4 members (excludes halogenated alkanes) is 27. The van der Waals surface area contributed by atoms with Gasteiger partial charge in [-0.1, -0.05) is 271 Å². The van der Waals surface area contributed by atoms with Crippen LogP contribution in [0.4, 0.5) is 0 Å². The van der Waals surface area contributed by atoms with E-state index < -0.39 is 6.10 Å². The Morgan fingerprint density at radius 2 is 0.513 bits per heavy atom. The van der Waals surface area contributed by atoms with E-state index in [1.54, 1.807) is 0 Å². The quantitative estimate of drug-likeness (QED) is 0.0261. The highest BCUT2D eigenvalue weighted by Crippen LogP contribution is 2.15. The smallest absolute Gasteiger partial charge is 0.306 e. The highest BCUT2D eigenvalue weighted by molar-refractivity contribution is 5.71. The largest absolute Gasteiger partial charge is 0.462 e. The van der Waals surface area contributed by atoms with E-state index in [0.717, 1.165) is 109 Å². The summed E-state index contributed by atoms with van der Waals surface area (Å²) in [6, 6.07) is 0. The SMILES string of the molecule is CC/C=C\C/C=C\C/C=C\C/C=C\C/C=C\C/C=C\C/C=C\CCCC(=O)OCC(COC(=O)CCCCCCC/C=C\CCCCCCC)OC(=O)CCCCCCCCCCCCC/C=C\C/C=C\CCCCCCC. The van der Waals surface area contributed by atoms with E-state index in [2.05, 4.69) is 142 Å². The topological polar surface area (TPSA) is 78.9 Å². The van der Waals surface area contributed by atoms with Crippen LogP contribution in [0.15, 0.2) is 122 Å². The van der Waals surface area contributed by atoms with Crippen molar-refractivity contribution >= 4 is 17.9 Å². The fourth-order valence-electron chi connectivity index (χ4n) is 8.81. The van der Waals surface area contributed by atoms with E-state index in [4.69, 9.17) is 14.2 Å². The minimum atomic E-state index is -0.811. The lowest BCUT2D eigenvalue weighted by Gasteiger charge is -2.18. The van der Waals surface area contributed by atoms with Gasteiger partial charge in [-0.25, -0.2) is 0 Å². The molecule has 444 valence electrons. The summed E-state index contributed by atoms with van der Waals surface area (Å²) in [4.78, 5) is 38.3. The maximum Gasteiger partial charge on any atom is 0.306 e. The summed E-state index contributed by atoms with van der Waals surface area (Å²) in [5, 5.41) is 0. The number of carbonyl (C=O) groups excluding carboxylic acids is 3. The number of allylic oxidation sites excluding steroid dienone is 20. The van der Waals surface area contributed by atoms with Gasteiger partial charge < -0.3 is 14.2 Å². The molecule has 0 N–H and O–H groups in total. The molecule has 6 heteroatoms. The lowest BCUT2D eigenvalue weighted by molar-refractivity contribution is -0.167. The average Bonchev–Trinajstić information content (AvgIpc) is 3.44. The molecule has 78 heavy (non-hydrogen) atoms. The Hall–Kier alpha value is -4.19. The maximum atomic E-state index is 12.9. The summed E-state index contributed by atoms with van der Waals surface area (Å²) >= 11 is 0. The first-order chi connectivity index (χ1) is 38.5. The van der Waals surface area contributed by atoms with E-state index in [1.807, 2.05) is 0 Å². The second-order valence-corrected chi connectivity index (χ2v) is 21.3. The average molecular weight is 1080 g/mol. The van der Waals surface area contributed by atoms with Crippen LogP contribution >= 0.6 is 0 Å². The van der Waals surface area contributed by atoms with Crippen LogP contribution in [-0.4, -0.2) is 37.2 Å². The third-order valence-electron chi connectivity index (χ3n) is 13.7. The van der Waals surface area contributed by atoms with Crippen LogP contribution in [0.1, 0.15) is 297 Å². The molecule has 0 rings (SSSR count). The van der Waals surface area contributed by atoms with Gasteiger partial charge in [0.2, 0.25) is 0 Å². The molecule has 1 atom stereocenters. The summed E-state index contributed by atoms with van der Waals surface area (Å²) in [5.41, 5.74) is 0. The molecule has 0 fully saturated rings. The lowest BCUT2D eigenvalue weighted by Crippen LogP contribution is -2.30. The summed E-state index contributed by atoms with van der Waals surface area (Å²) in [5.74, 6) is -0.969. The first-order valence-corrected chi connectivity index (χ1v) is 32.5. The van der Waals surface area contributed by atoms with Gasteiger partial charge in [0.05, 0.1) is 0 Å². The van der Waals surface area contributed by atoms with E-state index in [9.17, 15) is 14.4 Å². The standard InChI is InChI=1S/C72H120O6/c1-4-7-10-13-16-19-22-25-28-30-32-34-36-38-40-42-44-47-50-53-56-59-62-65-71(74)77-68-69(67-76-70(73)64-61-58-55-52-49-46-27-24-21-18-15-12-9-6-3)78-72(75)66-63-60-57-54-51-48-45-43-41-39-37-35-33-31-29-26-23-20-17-14-11-8-5-2/h7,10,16,19,23-28,31-34,38,40,44,47,53,56,69H,4-6,8-9,11-15,17-18,20-22,29-30,35-37,39,41-43,45-46,48-52,54-55,57-68H2,1-3H3/b10-7-,19-16-,26-23-,27-24-,28-25-,33-31-,34-32-,40-38-,47-44-,56-53-. The molecule has 0 aromatic carbocycles. The maximum absolute atomic E-state index is 12.9. The molecule has 0 aliphatic rings. The Morgan fingerprint density at radius 3 is 0.846 bits per heavy atom. The zero-order valence-electron chi connectivity index (χ0n) is 50.9. The van der Waals surface area contributed by atoms with Crippen LogP contribution in [0, 0.1) is 0 Å². The Labute approximate surface area is 482 Å². The first kappa shape index (κ1) is 73.8. The van der Waals surface area contributed by atoms with Gasteiger partial charge in [0, 0.05) is 19.3 Å².